The van der Waals surface area contributed by atoms with E-state index in [9.17, 15) is 4.79 Å². The Balaban J connectivity index is 2.25. The highest BCUT2D eigenvalue weighted by atomic mass is 16.5. The molecule has 0 radical (unpaired) electrons. The van der Waals surface area contributed by atoms with Gasteiger partial charge in [-0.3, -0.25) is 0 Å². The van der Waals surface area contributed by atoms with E-state index in [1.54, 1.807) is 0 Å². The zero-order valence-electron chi connectivity index (χ0n) is 11.3. The first-order chi connectivity index (χ1) is 9.19. The molecular weight excluding hydrogens is 246 g/mol. The lowest BCUT2D eigenvalue weighted by Gasteiger charge is -2.08. The van der Waals surface area contributed by atoms with Gasteiger partial charge in [0.05, 0.1) is 13.7 Å². The Morgan fingerprint density at radius 1 is 1.32 bits per heavy atom. The molecule has 0 heterocycles. The number of aryl methyl sites for hydroxylation is 1. The molecule has 0 saturated carbocycles. The van der Waals surface area contributed by atoms with Crippen LogP contribution in [0.4, 0.5) is 0 Å². The second kappa shape index (κ2) is 8.13. The number of nitrogens with zero attached hydrogens (tertiary/aromatic N) is 1. The normalized spacial score (nSPS) is 11.2. The lowest BCUT2D eigenvalue weighted by atomic mass is 10.1. The summed E-state index contributed by atoms with van der Waals surface area (Å²) < 4.78 is 10.1. The van der Waals surface area contributed by atoms with Crippen molar-refractivity contribution in [3.05, 3.63) is 29.8 Å². The average Bonchev–Trinajstić information content (AvgIpc) is 2.44. The molecule has 0 atom stereocenters. The highest BCUT2D eigenvalue weighted by Crippen LogP contribution is 2.16. The van der Waals surface area contributed by atoms with E-state index in [2.05, 4.69) is 9.89 Å². The van der Waals surface area contributed by atoms with E-state index in [-0.39, 0.29) is 5.71 Å². The van der Waals surface area contributed by atoms with Crippen molar-refractivity contribution in [2.24, 2.45) is 5.16 Å². The van der Waals surface area contributed by atoms with Crippen LogP contribution >= 0.6 is 0 Å². The standard InChI is InChI=1S/C14H19NO4/c1-11-7-3-4-9-13(11)19-10-6-5-8-12(15-17)14(16)18-2/h3-4,7,9,17H,5-6,8,10H2,1-2H3. The molecule has 1 aromatic carbocycles. The van der Waals surface area contributed by atoms with Crippen LogP contribution in [-0.2, 0) is 9.53 Å². The van der Waals surface area contributed by atoms with Gasteiger partial charge in [0, 0.05) is 6.42 Å². The monoisotopic (exact) mass is 265 g/mol. The van der Waals surface area contributed by atoms with E-state index in [1.807, 2.05) is 31.2 Å². The summed E-state index contributed by atoms with van der Waals surface area (Å²) >= 11 is 0. The number of oxime groups is 1. The summed E-state index contributed by atoms with van der Waals surface area (Å²) in [6.07, 6.45) is 1.84. The first kappa shape index (κ1) is 15.0. The summed E-state index contributed by atoms with van der Waals surface area (Å²) in [6, 6.07) is 7.80. The number of unbranched alkanes of at least 4 members (excludes halogenated alkanes) is 1. The maximum Gasteiger partial charge on any atom is 0.355 e. The summed E-state index contributed by atoms with van der Waals surface area (Å²) in [7, 11) is 1.26. The first-order valence-corrected chi connectivity index (χ1v) is 6.16. The van der Waals surface area contributed by atoms with Gasteiger partial charge in [0.25, 0.3) is 0 Å². The van der Waals surface area contributed by atoms with Crippen LogP contribution in [0.5, 0.6) is 5.75 Å². The third kappa shape index (κ3) is 4.99. The van der Waals surface area contributed by atoms with Crippen LogP contribution in [-0.4, -0.2) is 30.6 Å². The van der Waals surface area contributed by atoms with Gasteiger partial charge in [-0.05, 0) is 31.4 Å². The number of methoxy groups -OCH3 is 1. The van der Waals surface area contributed by atoms with Crippen molar-refractivity contribution < 1.29 is 19.5 Å². The van der Waals surface area contributed by atoms with Crippen LogP contribution in [0.25, 0.3) is 0 Å². The number of carbonyl (C=O) groups is 1. The summed E-state index contributed by atoms with van der Waals surface area (Å²) in [5.74, 6) is 0.272. The predicted molar refractivity (Wildman–Crippen MR) is 71.8 cm³/mol. The van der Waals surface area contributed by atoms with Crippen LogP contribution in [0.1, 0.15) is 24.8 Å². The number of hydrogen-bond donors (Lipinski definition) is 1. The molecule has 0 unspecified atom stereocenters. The van der Waals surface area contributed by atoms with E-state index in [4.69, 9.17) is 9.94 Å². The van der Waals surface area contributed by atoms with Gasteiger partial charge in [-0.2, -0.15) is 0 Å². The molecule has 0 fully saturated rings. The topological polar surface area (TPSA) is 68.1 Å². The highest BCUT2D eigenvalue weighted by Gasteiger charge is 2.11. The number of esters is 1. The number of carbonyl (C=O) groups excluding carboxylic acids is 1. The quantitative estimate of drug-likeness (QED) is 0.270. The van der Waals surface area contributed by atoms with Crippen LogP contribution in [0.3, 0.4) is 0 Å². The molecule has 0 saturated heterocycles. The van der Waals surface area contributed by atoms with Gasteiger partial charge in [-0.1, -0.05) is 23.4 Å². The summed E-state index contributed by atoms with van der Waals surface area (Å²) in [5.41, 5.74) is 1.13. The Hall–Kier alpha value is -2.04. The van der Waals surface area contributed by atoms with Gasteiger partial charge >= 0.3 is 5.97 Å². The molecule has 5 heteroatoms. The van der Waals surface area contributed by atoms with Crippen molar-refractivity contribution >= 4 is 11.7 Å². The molecule has 1 rings (SSSR count). The Bertz CT molecular complexity index is 443. The van der Waals surface area contributed by atoms with Crippen molar-refractivity contribution in [1.29, 1.82) is 0 Å². The first-order valence-electron chi connectivity index (χ1n) is 6.16. The molecule has 0 aromatic heterocycles. The molecule has 19 heavy (non-hydrogen) atoms. The lowest BCUT2D eigenvalue weighted by Crippen LogP contribution is -2.16. The van der Waals surface area contributed by atoms with Crippen LogP contribution in [0.2, 0.25) is 0 Å². The molecular formula is C14H19NO4. The fraction of sp³-hybridized carbons (Fsp3) is 0.429. The smallest absolute Gasteiger partial charge is 0.355 e. The SMILES string of the molecule is COC(=O)C(CCCCOc1ccccc1C)=NO. The van der Waals surface area contributed by atoms with Crippen LogP contribution in [0.15, 0.2) is 29.4 Å². The Kier molecular flexibility index (Phi) is 6.43. The van der Waals surface area contributed by atoms with Gasteiger partial charge in [-0.15, -0.1) is 0 Å². The second-order valence-electron chi connectivity index (χ2n) is 4.11. The molecule has 0 aliphatic carbocycles. The minimum Gasteiger partial charge on any atom is -0.493 e. The zero-order valence-corrected chi connectivity index (χ0v) is 11.3. The maximum absolute atomic E-state index is 11.1. The summed E-state index contributed by atoms with van der Waals surface area (Å²) in [4.78, 5) is 11.1. The van der Waals surface area contributed by atoms with Crippen LogP contribution < -0.4 is 4.74 Å². The molecule has 0 amide bonds. The predicted octanol–water partition coefficient (Wildman–Crippen LogP) is 2.55. The third-order valence-electron chi connectivity index (χ3n) is 2.70. The van der Waals surface area contributed by atoms with Gasteiger partial charge < -0.3 is 14.7 Å². The Morgan fingerprint density at radius 3 is 2.68 bits per heavy atom. The number of ether oxygens (including phenoxy) is 2. The molecule has 0 aliphatic heterocycles. The minimum absolute atomic E-state index is 0.0402. The number of hydrogen-bond acceptors (Lipinski definition) is 5. The van der Waals surface area contributed by atoms with E-state index in [0.29, 0.717) is 19.4 Å². The van der Waals surface area contributed by atoms with Gasteiger partial charge in [0.2, 0.25) is 0 Å². The number of benzene rings is 1. The molecule has 1 N–H and O–H groups in total. The third-order valence-corrected chi connectivity index (χ3v) is 2.70. The Labute approximate surface area is 112 Å². The molecule has 0 spiro atoms. The van der Waals surface area contributed by atoms with Gasteiger partial charge in [0.1, 0.15) is 5.75 Å². The molecule has 0 bridgehead atoms. The van der Waals surface area contributed by atoms with Crippen molar-refractivity contribution in [3.63, 3.8) is 0 Å². The molecule has 104 valence electrons. The number of para-hydroxylation sites is 1. The van der Waals surface area contributed by atoms with E-state index in [0.717, 1.165) is 17.7 Å². The highest BCUT2D eigenvalue weighted by molar-refractivity contribution is 6.36. The molecule has 0 aliphatic rings. The largest absolute Gasteiger partial charge is 0.493 e. The fourth-order valence-corrected chi connectivity index (χ4v) is 1.61. The van der Waals surface area contributed by atoms with Gasteiger partial charge in [-0.25, -0.2) is 4.79 Å². The average molecular weight is 265 g/mol. The summed E-state index contributed by atoms with van der Waals surface area (Å²) in [6.45, 7) is 2.55. The van der Waals surface area contributed by atoms with E-state index < -0.39 is 5.97 Å². The lowest BCUT2D eigenvalue weighted by molar-refractivity contribution is -0.133. The summed E-state index contributed by atoms with van der Waals surface area (Å²) in [5, 5.41) is 11.6. The van der Waals surface area contributed by atoms with Crippen LogP contribution in [0, 0.1) is 6.92 Å². The van der Waals surface area contributed by atoms with Crippen molar-refractivity contribution in [1.82, 2.24) is 0 Å². The minimum atomic E-state index is -0.595. The van der Waals surface area contributed by atoms with Crippen molar-refractivity contribution in [2.45, 2.75) is 26.2 Å². The van der Waals surface area contributed by atoms with Crippen molar-refractivity contribution in [2.75, 3.05) is 13.7 Å². The van der Waals surface area contributed by atoms with Crippen molar-refractivity contribution in [3.8, 4) is 5.75 Å². The van der Waals surface area contributed by atoms with Gasteiger partial charge in [0.15, 0.2) is 5.71 Å². The van der Waals surface area contributed by atoms with E-state index >= 15 is 0 Å². The number of rotatable bonds is 7. The molecule has 1 aromatic rings. The fourth-order valence-electron chi connectivity index (χ4n) is 1.61. The maximum atomic E-state index is 11.1. The second-order valence-corrected chi connectivity index (χ2v) is 4.11. The Morgan fingerprint density at radius 2 is 2.05 bits per heavy atom. The zero-order chi connectivity index (χ0) is 14.1. The van der Waals surface area contributed by atoms with E-state index in [1.165, 1.54) is 7.11 Å². The molecule has 5 nitrogen and oxygen atoms in total.